The first-order valence-corrected chi connectivity index (χ1v) is 11.6. The number of fused-ring (bicyclic) bond motifs is 5. The number of nitrogens with zero attached hydrogens (tertiary/aromatic N) is 2. The van der Waals surface area contributed by atoms with Crippen molar-refractivity contribution in [2.24, 2.45) is 13.0 Å². The molecule has 0 amide bonds. The van der Waals surface area contributed by atoms with Crippen LogP contribution in [0.1, 0.15) is 57.8 Å². The van der Waals surface area contributed by atoms with Crippen molar-refractivity contribution in [3.05, 3.63) is 54.7 Å². The van der Waals surface area contributed by atoms with Gasteiger partial charge < -0.3 is 28.5 Å². The lowest BCUT2D eigenvalue weighted by molar-refractivity contribution is -0.643. The fourth-order valence-corrected chi connectivity index (χ4v) is 5.58. The van der Waals surface area contributed by atoms with E-state index in [-0.39, 0.29) is 24.0 Å². The third-order valence-electron chi connectivity index (χ3n) is 7.10. The Morgan fingerprint density at radius 2 is 1.57 bits per heavy atom. The Morgan fingerprint density at radius 3 is 2.40 bits per heavy atom. The second-order valence-electron chi connectivity index (χ2n) is 9.04. The van der Waals surface area contributed by atoms with Crippen LogP contribution in [-0.4, -0.2) is 4.57 Å². The van der Waals surface area contributed by atoms with Crippen molar-refractivity contribution in [3.63, 3.8) is 0 Å². The molecule has 30 heavy (non-hydrogen) atoms. The molecule has 2 aromatic carbocycles. The van der Waals surface area contributed by atoms with E-state index >= 15 is 0 Å². The molecule has 0 N–H and O–H groups in total. The predicted molar refractivity (Wildman–Crippen MR) is 123 cm³/mol. The summed E-state index contributed by atoms with van der Waals surface area (Å²) in [6, 6.07) is 17.8. The molecule has 5 rings (SSSR count). The second-order valence-corrected chi connectivity index (χ2v) is 9.04. The first-order chi connectivity index (χ1) is 14.3. The van der Waals surface area contributed by atoms with Gasteiger partial charge >= 0.3 is 0 Å². The van der Waals surface area contributed by atoms with Crippen molar-refractivity contribution < 1.29 is 28.5 Å². The zero-order chi connectivity index (χ0) is 19.6. The summed E-state index contributed by atoms with van der Waals surface area (Å²) in [4.78, 5) is 0. The van der Waals surface area contributed by atoms with E-state index < -0.39 is 0 Å². The van der Waals surface area contributed by atoms with Crippen LogP contribution >= 0.6 is 0 Å². The molecular weight excluding hydrogens is 479 g/mol. The lowest BCUT2D eigenvalue weighted by Gasteiger charge is -2.21. The van der Waals surface area contributed by atoms with Crippen LogP contribution in [0.15, 0.2) is 54.7 Å². The molecule has 1 aliphatic carbocycles. The highest BCUT2D eigenvalue weighted by molar-refractivity contribution is 6.18. The predicted octanol–water partition coefficient (Wildman–Crippen LogP) is 3.92. The van der Waals surface area contributed by atoms with Gasteiger partial charge in [0.2, 0.25) is 5.52 Å². The maximum absolute atomic E-state index is 2.57. The Morgan fingerprint density at radius 1 is 0.833 bits per heavy atom. The van der Waals surface area contributed by atoms with Crippen LogP contribution in [0.5, 0.6) is 0 Å². The zero-order valence-corrected chi connectivity index (χ0v) is 20.3. The number of pyridine rings is 1. The monoisotopic (exact) mass is 512 g/mol. The normalized spacial score (nSPS) is 15.1. The summed E-state index contributed by atoms with van der Waals surface area (Å²) in [5.41, 5.74) is 4.06. The largest absolute Gasteiger partial charge is 1.00 e. The molecule has 3 heteroatoms. The lowest BCUT2D eigenvalue weighted by atomic mass is 9.85. The van der Waals surface area contributed by atoms with Gasteiger partial charge in [0.1, 0.15) is 12.6 Å². The summed E-state index contributed by atoms with van der Waals surface area (Å²) in [6.07, 6.45) is 15.2. The van der Waals surface area contributed by atoms with Crippen LogP contribution in [0.3, 0.4) is 0 Å². The van der Waals surface area contributed by atoms with Crippen molar-refractivity contribution in [3.8, 4) is 0 Å². The molecule has 2 heterocycles. The Kier molecular flexibility index (Phi) is 6.97. The molecule has 0 bridgehead atoms. The summed E-state index contributed by atoms with van der Waals surface area (Å²) >= 11 is 0. The molecule has 4 aromatic rings. The van der Waals surface area contributed by atoms with Gasteiger partial charge in [-0.1, -0.05) is 81.7 Å². The summed E-state index contributed by atoms with van der Waals surface area (Å²) in [5, 5.41) is 4.16. The van der Waals surface area contributed by atoms with E-state index in [1.54, 1.807) is 0 Å². The number of halogens is 1. The number of aromatic nitrogens is 2. The van der Waals surface area contributed by atoms with Gasteiger partial charge in [0.15, 0.2) is 6.20 Å². The summed E-state index contributed by atoms with van der Waals surface area (Å²) < 4.78 is 4.85. The minimum atomic E-state index is 0. The van der Waals surface area contributed by atoms with Crippen LogP contribution in [0.4, 0.5) is 0 Å². The molecule has 0 unspecified atom stereocenters. The highest BCUT2D eigenvalue weighted by Crippen LogP contribution is 2.33. The van der Waals surface area contributed by atoms with Gasteiger partial charge in [-0.2, -0.15) is 4.57 Å². The van der Waals surface area contributed by atoms with Crippen molar-refractivity contribution in [1.82, 2.24) is 4.57 Å². The van der Waals surface area contributed by atoms with E-state index in [4.69, 9.17) is 0 Å². The Labute approximate surface area is 197 Å². The van der Waals surface area contributed by atoms with Gasteiger partial charge in [-0.3, -0.25) is 0 Å². The number of unbranched alkanes of at least 4 members (excludes halogenated alkanes) is 2. The Hall–Kier alpha value is -1.62. The molecule has 0 spiro atoms. The Balaban J connectivity index is 0.00000218. The second kappa shape index (κ2) is 9.67. The average Bonchev–Trinajstić information content (AvgIpc) is 3.08. The SMILES string of the molecule is C[n+]1cc2c(c3ccccc3n2CCCCCC2CCCCC2)c2ccccc21.[I-]. The molecule has 158 valence electrons. The maximum Gasteiger partial charge on any atom is 0.213 e. The standard InChI is InChI=1S/C27H33N2.HI/c1-28-20-26-27(22-15-7-9-17-24(22)28)23-16-8-10-18-25(23)29(26)19-11-3-6-14-21-12-4-2-5-13-21;/h7-10,15-18,20-21H,2-6,11-14,19H2,1H3;1H/q+1;/p-1. The zero-order valence-electron chi connectivity index (χ0n) is 18.1. The summed E-state index contributed by atoms with van der Waals surface area (Å²) in [7, 11) is 2.17. The molecule has 0 atom stereocenters. The van der Waals surface area contributed by atoms with Crippen LogP contribution in [0, 0.1) is 5.92 Å². The van der Waals surface area contributed by atoms with Crippen molar-refractivity contribution in [2.75, 3.05) is 0 Å². The van der Waals surface area contributed by atoms with E-state index in [1.165, 1.54) is 90.5 Å². The Bertz CT molecular complexity index is 1140. The van der Waals surface area contributed by atoms with Gasteiger partial charge in [-0.15, -0.1) is 0 Å². The molecule has 0 aliphatic heterocycles. The van der Waals surface area contributed by atoms with Crippen molar-refractivity contribution in [1.29, 1.82) is 0 Å². The van der Waals surface area contributed by atoms with Crippen LogP contribution in [0.2, 0.25) is 0 Å². The van der Waals surface area contributed by atoms with E-state index in [0.717, 1.165) is 12.5 Å². The topological polar surface area (TPSA) is 8.81 Å². The minimum absolute atomic E-state index is 0. The van der Waals surface area contributed by atoms with Gasteiger partial charge in [0, 0.05) is 28.9 Å². The first kappa shape index (κ1) is 21.6. The van der Waals surface area contributed by atoms with Crippen LogP contribution in [0.25, 0.3) is 32.7 Å². The number of aryl methyl sites for hydroxylation is 2. The lowest BCUT2D eigenvalue weighted by Crippen LogP contribution is -3.00. The molecule has 0 saturated heterocycles. The van der Waals surface area contributed by atoms with Crippen LogP contribution < -0.4 is 28.5 Å². The molecule has 1 fully saturated rings. The molecular formula is C27H33IN2. The van der Waals surface area contributed by atoms with Gasteiger partial charge in [0.25, 0.3) is 0 Å². The van der Waals surface area contributed by atoms with Crippen LogP contribution in [-0.2, 0) is 13.6 Å². The van der Waals surface area contributed by atoms with E-state index in [2.05, 4.69) is 70.9 Å². The fraction of sp³-hybridized carbons (Fsp3) is 0.444. The maximum atomic E-state index is 2.57. The third kappa shape index (κ3) is 4.10. The summed E-state index contributed by atoms with van der Waals surface area (Å²) in [6.45, 7) is 1.12. The minimum Gasteiger partial charge on any atom is -1.00 e. The fourth-order valence-electron chi connectivity index (χ4n) is 5.58. The van der Waals surface area contributed by atoms with Gasteiger partial charge in [-0.05, 0) is 24.5 Å². The molecule has 1 saturated carbocycles. The van der Waals surface area contributed by atoms with E-state index in [0.29, 0.717) is 0 Å². The highest BCUT2D eigenvalue weighted by atomic mass is 127. The quantitative estimate of drug-likeness (QED) is 0.211. The first-order valence-electron chi connectivity index (χ1n) is 11.6. The number of benzene rings is 2. The molecule has 2 nitrogen and oxygen atoms in total. The highest BCUT2D eigenvalue weighted by Gasteiger charge is 2.18. The number of hydrogen-bond donors (Lipinski definition) is 0. The van der Waals surface area contributed by atoms with Gasteiger partial charge in [0.05, 0.1) is 5.39 Å². The van der Waals surface area contributed by atoms with Crippen molar-refractivity contribution in [2.45, 2.75) is 64.3 Å². The molecule has 0 radical (unpaired) electrons. The van der Waals surface area contributed by atoms with Gasteiger partial charge in [-0.25, -0.2) is 0 Å². The molecule has 2 aromatic heterocycles. The number of hydrogen-bond acceptors (Lipinski definition) is 0. The number of rotatable bonds is 6. The third-order valence-corrected chi connectivity index (χ3v) is 7.10. The smallest absolute Gasteiger partial charge is 0.213 e. The van der Waals surface area contributed by atoms with Crippen molar-refractivity contribution >= 4 is 32.7 Å². The average molecular weight is 512 g/mol. The molecule has 1 aliphatic rings. The number of para-hydroxylation sites is 2. The van der Waals surface area contributed by atoms with E-state index in [1.807, 2.05) is 0 Å². The van der Waals surface area contributed by atoms with E-state index in [9.17, 15) is 0 Å². The summed E-state index contributed by atoms with van der Waals surface area (Å²) in [5.74, 6) is 1.02.